The third-order valence-corrected chi connectivity index (χ3v) is 5.77. The van der Waals surface area contributed by atoms with Crippen LogP contribution in [0, 0.1) is 0 Å². The summed E-state index contributed by atoms with van der Waals surface area (Å²) >= 11 is 0. The van der Waals surface area contributed by atoms with E-state index in [1.807, 2.05) is 6.07 Å². The number of aryl methyl sites for hydroxylation is 1. The smallest absolute Gasteiger partial charge is 0.328 e. The Hall–Kier alpha value is -1.92. The molecule has 0 saturated heterocycles. The van der Waals surface area contributed by atoms with E-state index in [2.05, 4.69) is 6.92 Å². The summed E-state index contributed by atoms with van der Waals surface area (Å²) in [7, 11) is 0. The van der Waals surface area contributed by atoms with Crippen LogP contribution in [0.25, 0.3) is 0 Å². The van der Waals surface area contributed by atoms with Crippen LogP contribution in [0.2, 0.25) is 0 Å². The molecule has 0 aliphatic carbocycles. The molecule has 0 aliphatic heterocycles. The van der Waals surface area contributed by atoms with Gasteiger partial charge in [-0.25, -0.2) is 9.59 Å². The lowest BCUT2D eigenvalue weighted by Gasteiger charge is -2.16. The van der Waals surface area contributed by atoms with Gasteiger partial charge in [0.2, 0.25) is 0 Å². The van der Waals surface area contributed by atoms with E-state index in [0.717, 1.165) is 24.8 Å². The van der Waals surface area contributed by atoms with Gasteiger partial charge in [-0.15, -0.1) is 0 Å². The quantitative estimate of drug-likeness (QED) is 0.162. The molecule has 6 heteroatoms. The number of hydrogen-bond acceptors (Lipinski definition) is 6. The lowest BCUT2D eigenvalue weighted by Crippen LogP contribution is -2.32. The first kappa shape index (κ1) is 29.1. The van der Waals surface area contributed by atoms with Gasteiger partial charge >= 0.3 is 11.9 Å². The molecule has 0 amide bonds. The molecule has 0 aliphatic rings. The van der Waals surface area contributed by atoms with Crippen molar-refractivity contribution in [3.05, 3.63) is 23.8 Å². The highest BCUT2D eigenvalue weighted by atomic mass is 16.6. The van der Waals surface area contributed by atoms with Crippen LogP contribution in [0.1, 0.15) is 110 Å². The molecule has 0 heterocycles. The molecule has 0 bridgehead atoms. The summed E-state index contributed by atoms with van der Waals surface area (Å²) in [6.45, 7) is 5.37. The van der Waals surface area contributed by atoms with Gasteiger partial charge in [0.25, 0.3) is 0 Å². The fraction of sp³-hybridized carbons (Fsp3) is 0.704. The first-order valence-corrected chi connectivity index (χ1v) is 12.9. The highest BCUT2D eigenvalue weighted by Gasteiger charge is 2.20. The van der Waals surface area contributed by atoms with E-state index < -0.39 is 24.0 Å². The third-order valence-electron chi connectivity index (χ3n) is 5.77. The van der Waals surface area contributed by atoms with Gasteiger partial charge in [-0.2, -0.15) is 0 Å². The van der Waals surface area contributed by atoms with Gasteiger partial charge in [0, 0.05) is 0 Å². The fourth-order valence-corrected chi connectivity index (χ4v) is 3.68. The van der Waals surface area contributed by atoms with Crippen LogP contribution in [0.3, 0.4) is 0 Å². The van der Waals surface area contributed by atoms with Crippen molar-refractivity contribution in [1.29, 1.82) is 0 Å². The fourth-order valence-electron chi connectivity index (χ4n) is 3.68. The summed E-state index contributed by atoms with van der Waals surface area (Å²) in [6.07, 6.45) is 17.5. The molecule has 0 saturated carbocycles. The lowest BCUT2D eigenvalue weighted by molar-refractivity contribution is -0.138. The van der Waals surface area contributed by atoms with Crippen LogP contribution < -0.4 is 20.9 Å². The Kier molecular flexibility index (Phi) is 15.5. The number of esters is 2. The summed E-state index contributed by atoms with van der Waals surface area (Å²) < 4.78 is 10.9. The van der Waals surface area contributed by atoms with Crippen LogP contribution >= 0.6 is 0 Å². The van der Waals surface area contributed by atoms with E-state index in [9.17, 15) is 9.59 Å². The second kappa shape index (κ2) is 17.5. The molecule has 0 fully saturated rings. The maximum absolute atomic E-state index is 12.1. The molecule has 1 aromatic rings. The van der Waals surface area contributed by atoms with E-state index in [1.165, 1.54) is 70.6 Å². The second-order valence-electron chi connectivity index (χ2n) is 9.16. The number of ether oxygens (including phenoxy) is 2. The lowest BCUT2D eigenvalue weighted by atomic mass is 10.0. The van der Waals surface area contributed by atoms with E-state index in [0.29, 0.717) is 0 Å². The van der Waals surface area contributed by atoms with Crippen molar-refractivity contribution in [2.75, 3.05) is 0 Å². The highest BCUT2D eigenvalue weighted by Crippen LogP contribution is 2.33. The van der Waals surface area contributed by atoms with Crippen molar-refractivity contribution >= 4 is 11.9 Å². The summed E-state index contributed by atoms with van der Waals surface area (Å²) in [5.41, 5.74) is 12.1. The minimum atomic E-state index is -0.772. The number of para-hydroxylation sites is 1. The first-order chi connectivity index (χ1) is 15.9. The average molecular weight is 463 g/mol. The van der Waals surface area contributed by atoms with Gasteiger partial charge in [0.1, 0.15) is 12.1 Å². The Morgan fingerprint density at radius 1 is 0.727 bits per heavy atom. The van der Waals surface area contributed by atoms with Crippen molar-refractivity contribution in [2.24, 2.45) is 11.5 Å². The molecule has 33 heavy (non-hydrogen) atoms. The Morgan fingerprint density at radius 3 is 1.67 bits per heavy atom. The van der Waals surface area contributed by atoms with Crippen LogP contribution in [0.4, 0.5) is 0 Å². The summed E-state index contributed by atoms with van der Waals surface area (Å²) in [4.78, 5) is 24.1. The Morgan fingerprint density at radius 2 is 1.18 bits per heavy atom. The Balaban J connectivity index is 2.43. The normalized spacial score (nSPS) is 12.9. The number of nitrogens with two attached hydrogens (primary N) is 2. The van der Waals surface area contributed by atoms with Gasteiger partial charge < -0.3 is 20.9 Å². The van der Waals surface area contributed by atoms with Gasteiger partial charge in [-0.3, -0.25) is 0 Å². The van der Waals surface area contributed by atoms with E-state index >= 15 is 0 Å². The van der Waals surface area contributed by atoms with Crippen LogP contribution in [0.5, 0.6) is 11.5 Å². The van der Waals surface area contributed by atoms with Crippen molar-refractivity contribution in [3.8, 4) is 11.5 Å². The Labute approximate surface area is 200 Å². The van der Waals surface area contributed by atoms with Gasteiger partial charge in [-0.1, -0.05) is 96.1 Å². The SMILES string of the molecule is CCCCCCCCCCCCCCCc1cccc(OC(=O)[C@H](C)N)c1OC(=O)[C@H](C)N. The van der Waals surface area contributed by atoms with Crippen LogP contribution in [-0.2, 0) is 16.0 Å². The van der Waals surface area contributed by atoms with Crippen molar-refractivity contribution in [1.82, 2.24) is 0 Å². The van der Waals surface area contributed by atoms with Gasteiger partial charge in [0.05, 0.1) is 0 Å². The summed E-state index contributed by atoms with van der Waals surface area (Å²) in [6, 6.07) is 3.76. The summed E-state index contributed by atoms with van der Waals surface area (Å²) in [5.74, 6) is -0.664. The Bertz CT molecular complexity index is 689. The second-order valence-corrected chi connectivity index (χ2v) is 9.16. The number of carbonyl (C=O) groups excluding carboxylic acids is 2. The standard InChI is InChI=1S/C27H46N2O4/c1-4-5-6-7-8-9-10-11-12-13-14-15-16-18-23-19-17-20-24(32-26(30)21(2)28)25(23)33-27(31)22(3)29/h17,19-22H,4-16,18,28-29H2,1-3H3/t21-,22-/m0/s1. The topological polar surface area (TPSA) is 105 Å². The number of benzene rings is 1. The van der Waals surface area contributed by atoms with E-state index in [4.69, 9.17) is 20.9 Å². The maximum Gasteiger partial charge on any atom is 0.328 e. The molecule has 0 aromatic heterocycles. The monoisotopic (exact) mass is 462 g/mol. The highest BCUT2D eigenvalue weighted by molar-refractivity contribution is 5.81. The minimum Gasteiger partial charge on any atom is -0.421 e. The molecule has 2 atom stereocenters. The molecule has 0 radical (unpaired) electrons. The molecule has 0 spiro atoms. The molecular weight excluding hydrogens is 416 g/mol. The predicted octanol–water partition coefficient (Wildman–Crippen LogP) is 5.83. The maximum atomic E-state index is 12.1. The number of rotatable bonds is 18. The van der Waals surface area contributed by atoms with Crippen molar-refractivity contribution < 1.29 is 19.1 Å². The predicted molar refractivity (Wildman–Crippen MR) is 134 cm³/mol. The molecule has 1 rings (SSSR count). The summed E-state index contributed by atoms with van der Waals surface area (Å²) in [5, 5.41) is 0. The zero-order valence-electron chi connectivity index (χ0n) is 21.1. The van der Waals surface area contributed by atoms with Crippen LogP contribution in [-0.4, -0.2) is 24.0 Å². The third kappa shape index (κ3) is 12.8. The number of hydrogen-bond donors (Lipinski definition) is 2. The van der Waals surface area contributed by atoms with E-state index in [-0.39, 0.29) is 11.5 Å². The molecule has 1 aromatic carbocycles. The minimum absolute atomic E-state index is 0.207. The molecule has 4 N–H and O–H groups in total. The van der Waals surface area contributed by atoms with E-state index in [1.54, 1.807) is 26.0 Å². The van der Waals surface area contributed by atoms with Gasteiger partial charge in [0.15, 0.2) is 11.5 Å². The molecular formula is C27H46N2O4. The molecule has 6 nitrogen and oxygen atoms in total. The largest absolute Gasteiger partial charge is 0.421 e. The van der Waals surface area contributed by atoms with Crippen molar-refractivity contribution in [2.45, 2.75) is 123 Å². The zero-order valence-corrected chi connectivity index (χ0v) is 21.1. The van der Waals surface area contributed by atoms with Crippen LogP contribution in [0.15, 0.2) is 18.2 Å². The molecule has 188 valence electrons. The first-order valence-electron chi connectivity index (χ1n) is 12.9. The average Bonchev–Trinajstić information content (AvgIpc) is 2.78. The number of unbranched alkanes of at least 4 members (excludes halogenated alkanes) is 12. The molecule has 0 unspecified atom stereocenters. The van der Waals surface area contributed by atoms with Crippen molar-refractivity contribution in [3.63, 3.8) is 0 Å². The number of carbonyl (C=O) groups is 2. The van der Waals surface area contributed by atoms with Gasteiger partial charge in [-0.05, 0) is 38.3 Å². The zero-order chi connectivity index (χ0) is 24.5.